The fraction of sp³-hybridized carbons (Fsp3) is 0.0526. The monoisotopic (exact) mass is 459 g/mol. The van der Waals surface area contributed by atoms with Crippen LogP contribution in [0.25, 0.3) is 21.3 Å². The molecule has 0 saturated carbocycles. The summed E-state index contributed by atoms with van der Waals surface area (Å²) in [5.74, 6) is 1.66. The molecule has 0 atom stereocenters. The van der Waals surface area contributed by atoms with Crippen molar-refractivity contribution in [3.63, 3.8) is 0 Å². The molecule has 1 N–H and O–H groups in total. The molecule has 0 bridgehead atoms. The molecular formula is C19H14IN3OS. The molecule has 0 amide bonds. The van der Waals surface area contributed by atoms with Crippen LogP contribution in [0, 0.1) is 3.57 Å². The van der Waals surface area contributed by atoms with Gasteiger partial charge in [0, 0.05) is 20.2 Å². The molecule has 2 aromatic carbocycles. The van der Waals surface area contributed by atoms with Crippen LogP contribution in [0.2, 0.25) is 0 Å². The number of benzene rings is 2. The van der Waals surface area contributed by atoms with Crippen molar-refractivity contribution in [1.82, 2.24) is 9.97 Å². The Labute approximate surface area is 163 Å². The molecule has 0 unspecified atom stereocenters. The van der Waals surface area contributed by atoms with Crippen LogP contribution in [-0.4, -0.2) is 17.1 Å². The first-order valence-corrected chi connectivity index (χ1v) is 9.59. The lowest BCUT2D eigenvalue weighted by Crippen LogP contribution is -1.95. The number of aromatic nitrogens is 2. The summed E-state index contributed by atoms with van der Waals surface area (Å²) in [6.45, 7) is 0. The van der Waals surface area contributed by atoms with Gasteiger partial charge in [-0.3, -0.25) is 0 Å². The molecule has 6 heteroatoms. The Kier molecular flexibility index (Phi) is 4.54. The maximum absolute atomic E-state index is 5.25. The molecule has 4 rings (SSSR count). The van der Waals surface area contributed by atoms with Gasteiger partial charge in [0.25, 0.3) is 0 Å². The standard InChI is InChI=1S/C19H14IN3OS/c1-24-15-8-2-12(3-9-15)16-10-25-19-17(16)18(21-11-22-19)23-14-6-4-13(20)5-7-14/h2-11H,1H3,(H,21,22,23). The molecule has 2 aromatic heterocycles. The second-order valence-corrected chi connectivity index (χ2v) is 7.52. The average molecular weight is 459 g/mol. The number of ether oxygens (including phenoxy) is 1. The number of nitrogens with one attached hydrogen (secondary N) is 1. The first-order valence-electron chi connectivity index (χ1n) is 7.64. The van der Waals surface area contributed by atoms with Crippen molar-refractivity contribution in [3.05, 3.63) is 63.8 Å². The first-order chi connectivity index (χ1) is 12.2. The number of hydrogen-bond acceptors (Lipinski definition) is 5. The van der Waals surface area contributed by atoms with Gasteiger partial charge >= 0.3 is 0 Å². The molecule has 0 aliphatic rings. The molecule has 0 aliphatic carbocycles. The Morgan fingerprint density at radius 1 is 1.00 bits per heavy atom. The smallest absolute Gasteiger partial charge is 0.143 e. The van der Waals surface area contributed by atoms with Crippen LogP contribution in [0.4, 0.5) is 11.5 Å². The normalized spacial score (nSPS) is 10.8. The molecule has 4 aromatic rings. The van der Waals surface area contributed by atoms with Gasteiger partial charge in [0.15, 0.2) is 0 Å². The van der Waals surface area contributed by atoms with Gasteiger partial charge in [-0.2, -0.15) is 0 Å². The summed E-state index contributed by atoms with van der Waals surface area (Å²) in [5.41, 5.74) is 3.25. The van der Waals surface area contributed by atoms with Crippen LogP contribution >= 0.6 is 33.9 Å². The lowest BCUT2D eigenvalue weighted by molar-refractivity contribution is 0.415. The van der Waals surface area contributed by atoms with E-state index in [1.807, 2.05) is 12.1 Å². The van der Waals surface area contributed by atoms with E-state index in [4.69, 9.17) is 4.74 Å². The summed E-state index contributed by atoms with van der Waals surface area (Å²) < 4.78 is 6.45. The summed E-state index contributed by atoms with van der Waals surface area (Å²) in [5, 5.41) is 6.58. The zero-order valence-electron chi connectivity index (χ0n) is 13.4. The molecule has 0 fully saturated rings. The lowest BCUT2D eigenvalue weighted by atomic mass is 10.1. The summed E-state index contributed by atoms with van der Waals surface area (Å²) in [6.07, 6.45) is 1.60. The van der Waals surface area contributed by atoms with Crippen molar-refractivity contribution in [1.29, 1.82) is 0 Å². The highest BCUT2D eigenvalue weighted by Gasteiger charge is 2.13. The third kappa shape index (κ3) is 3.32. The molecular weight excluding hydrogens is 445 g/mol. The van der Waals surface area contributed by atoms with Gasteiger partial charge in [-0.15, -0.1) is 11.3 Å². The number of nitrogens with zero attached hydrogens (tertiary/aromatic N) is 2. The van der Waals surface area contributed by atoms with Crippen LogP contribution in [0.5, 0.6) is 5.75 Å². The van der Waals surface area contributed by atoms with Crippen LogP contribution < -0.4 is 10.1 Å². The molecule has 2 heterocycles. The predicted octanol–water partition coefficient (Wildman–Crippen LogP) is 5.72. The second kappa shape index (κ2) is 6.97. The summed E-state index contributed by atoms with van der Waals surface area (Å²) in [4.78, 5) is 9.86. The molecule has 0 saturated heterocycles. The highest BCUT2D eigenvalue weighted by atomic mass is 127. The third-order valence-corrected chi connectivity index (χ3v) is 5.48. The number of hydrogen-bond donors (Lipinski definition) is 1. The molecule has 0 aliphatic heterocycles. The maximum Gasteiger partial charge on any atom is 0.143 e. The van der Waals surface area contributed by atoms with Gasteiger partial charge < -0.3 is 10.1 Å². The van der Waals surface area contributed by atoms with Gasteiger partial charge in [-0.25, -0.2) is 9.97 Å². The van der Waals surface area contributed by atoms with E-state index in [0.29, 0.717) is 0 Å². The number of thiophene rings is 1. The van der Waals surface area contributed by atoms with E-state index >= 15 is 0 Å². The van der Waals surface area contributed by atoms with Crippen LogP contribution in [0.15, 0.2) is 60.2 Å². The zero-order valence-corrected chi connectivity index (χ0v) is 16.3. The minimum atomic E-state index is 0.818. The topological polar surface area (TPSA) is 47.0 Å². The largest absolute Gasteiger partial charge is 0.497 e. The summed E-state index contributed by atoms with van der Waals surface area (Å²) in [6, 6.07) is 16.3. The van der Waals surface area contributed by atoms with E-state index in [9.17, 15) is 0 Å². The average Bonchev–Trinajstić information content (AvgIpc) is 3.09. The third-order valence-electron chi connectivity index (χ3n) is 3.88. The summed E-state index contributed by atoms with van der Waals surface area (Å²) >= 11 is 3.92. The minimum absolute atomic E-state index is 0.818. The van der Waals surface area contributed by atoms with Gasteiger partial charge in [0.2, 0.25) is 0 Å². The van der Waals surface area contributed by atoms with Gasteiger partial charge in [-0.05, 0) is 64.6 Å². The quantitative estimate of drug-likeness (QED) is 0.397. The summed E-state index contributed by atoms with van der Waals surface area (Å²) in [7, 11) is 1.67. The van der Waals surface area contributed by atoms with Crippen molar-refractivity contribution >= 4 is 55.6 Å². The Morgan fingerprint density at radius 2 is 1.76 bits per heavy atom. The lowest BCUT2D eigenvalue weighted by Gasteiger charge is -2.09. The molecule has 124 valence electrons. The van der Waals surface area contributed by atoms with E-state index in [1.165, 1.54) is 3.57 Å². The van der Waals surface area contributed by atoms with Crippen LogP contribution in [0.3, 0.4) is 0 Å². The van der Waals surface area contributed by atoms with Crippen LogP contribution in [0.1, 0.15) is 0 Å². The van der Waals surface area contributed by atoms with Gasteiger partial charge in [0.05, 0.1) is 12.5 Å². The van der Waals surface area contributed by atoms with Gasteiger partial charge in [0.1, 0.15) is 22.7 Å². The fourth-order valence-corrected chi connectivity index (χ4v) is 3.90. The van der Waals surface area contributed by atoms with Gasteiger partial charge in [-0.1, -0.05) is 12.1 Å². The van der Waals surface area contributed by atoms with Crippen molar-refractivity contribution in [2.24, 2.45) is 0 Å². The number of methoxy groups -OCH3 is 1. The molecule has 25 heavy (non-hydrogen) atoms. The fourth-order valence-electron chi connectivity index (χ4n) is 2.62. The minimum Gasteiger partial charge on any atom is -0.497 e. The van der Waals surface area contributed by atoms with E-state index in [2.05, 4.69) is 79.7 Å². The first kappa shape index (κ1) is 16.3. The SMILES string of the molecule is COc1ccc(-c2csc3ncnc(Nc4ccc(I)cc4)c23)cc1. The zero-order chi connectivity index (χ0) is 17.2. The van der Waals surface area contributed by atoms with E-state index < -0.39 is 0 Å². The Balaban J connectivity index is 1.79. The predicted molar refractivity (Wildman–Crippen MR) is 112 cm³/mol. The number of fused-ring (bicyclic) bond motifs is 1. The second-order valence-electron chi connectivity index (χ2n) is 5.41. The molecule has 4 nitrogen and oxygen atoms in total. The maximum atomic E-state index is 5.25. The molecule has 0 radical (unpaired) electrons. The molecule has 0 spiro atoms. The Bertz CT molecular complexity index is 1010. The van der Waals surface area contributed by atoms with Crippen molar-refractivity contribution in [3.8, 4) is 16.9 Å². The van der Waals surface area contributed by atoms with Crippen molar-refractivity contribution in [2.45, 2.75) is 0 Å². The van der Waals surface area contributed by atoms with E-state index in [-0.39, 0.29) is 0 Å². The highest BCUT2D eigenvalue weighted by Crippen LogP contribution is 2.37. The van der Waals surface area contributed by atoms with Crippen LogP contribution in [-0.2, 0) is 0 Å². The Morgan fingerprint density at radius 3 is 2.48 bits per heavy atom. The Hall–Kier alpha value is -2.19. The van der Waals surface area contributed by atoms with Crippen molar-refractivity contribution < 1.29 is 4.74 Å². The van der Waals surface area contributed by atoms with E-state index in [1.54, 1.807) is 24.8 Å². The van der Waals surface area contributed by atoms with Crippen molar-refractivity contribution in [2.75, 3.05) is 12.4 Å². The number of rotatable bonds is 4. The highest BCUT2D eigenvalue weighted by molar-refractivity contribution is 14.1. The number of anilines is 2. The number of halogens is 1. The van der Waals surface area contributed by atoms with E-state index in [0.717, 1.165) is 38.6 Å².